The highest BCUT2D eigenvalue weighted by Crippen LogP contribution is 2.37. The van der Waals surface area contributed by atoms with E-state index in [-0.39, 0.29) is 16.7 Å². The van der Waals surface area contributed by atoms with Crippen LogP contribution < -0.4 is 0 Å². The number of aliphatic hydroxyl groups excluding tert-OH is 1. The van der Waals surface area contributed by atoms with Gasteiger partial charge in [0.05, 0.1) is 5.56 Å². The molecule has 0 saturated carbocycles. The van der Waals surface area contributed by atoms with Gasteiger partial charge >= 0.3 is 6.18 Å². The number of rotatable bonds is 3. The molecule has 22 heavy (non-hydrogen) atoms. The summed E-state index contributed by atoms with van der Waals surface area (Å²) in [6.07, 6.45) is -6.07. The molecule has 6 heteroatoms. The molecule has 0 bridgehead atoms. The van der Waals surface area contributed by atoms with Gasteiger partial charge in [-0.05, 0) is 36.2 Å². The molecule has 0 aliphatic heterocycles. The lowest BCUT2D eigenvalue weighted by atomic mass is 9.95. The zero-order valence-electron chi connectivity index (χ0n) is 11.5. The number of hydrogen-bond acceptors (Lipinski definition) is 2. The van der Waals surface area contributed by atoms with Gasteiger partial charge in [0.2, 0.25) is 0 Å². The van der Waals surface area contributed by atoms with Crippen molar-refractivity contribution in [1.82, 2.24) is 0 Å². The first kappa shape index (κ1) is 16.2. The summed E-state index contributed by atoms with van der Waals surface area (Å²) in [5, 5.41) is 9.21. The maximum atomic E-state index is 13.2. The minimum atomic E-state index is -4.68. The standard InChI is InChI=1S/C16H12F4O2/c1-9(21)15(22)11-4-7-13(14(8-11)16(18,19)20)10-2-5-12(17)6-3-10/h2-9,21H,1H3/t9-/m0/s1. The first-order valence-corrected chi connectivity index (χ1v) is 6.39. The van der Waals surface area contributed by atoms with Gasteiger partial charge < -0.3 is 5.11 Å². The van der Waals surface area contributed by atoms with Crippen molar-refractivity contribution in [2.75, 3.05) is 0 Å². The molecule has 2 nitrogen and oxygen atoms in total. The van der Waals surface area contributed by atoms with E-state index in [4.69, 9.17) is 0 Å². The second-order valence-electron chi connectivity index (χ2n) is 4.81. The molecule has 0 aliphatic carbocycles. The van der Waals surface area contributed by atoms with Gasteiger partial charge in [-0.2, -0.15) is 13.2 Å². The Balaban J connectivity index is 2.60. The van der Waals surface area contributed by atoms with E-state index in [1.54, 1.807) is 0 Å². The molecule has 0 aliphatic rings. The molecule has 2 rings (SSSR count). The quantitative estimate of drug-likeness (QED) is 0.685. The van der Waals surface area contributed by atoms with E-state index in [1.807, 2.05) is 0 Å². The zero-order chi connectivity index (χ0) is 16.5. The van der Waals surface area contributed by atoms with Crippen molar-refractivity contribution in [2.45, 2.75) is 19.2 Å². The molecule has 2 aromatic rings. The van der Waals surface area contributed by atoms with E-state index in [9.17, 15) is 27.5 Å². The van der Waals surface area contributed by atoms with Gasteiger partial charge in [0.1, 0.15) is 11.9 Å². The molecule has 0 heterocycles. The lowest BCUT2D eigenvalue weighted by molar-refractivity contribution is -0.137. The number of hydrogen-bond donors (Lipinski definition) is 1. The zero-order valence-corrected chi connectivity index (χ0v) is 11.5. The summed E-state index contributed by atoms with van der Waals surface area (Å²) in [7, 11) is 0. The Morgan fingerprint density at radius 2 is 1.68 bits per heavy atom. The molecule has 0 fully saturated rings. The number of alkyl halides is 3. The third-order valence-electron chi connectivity index (χ3n) is 3.14. The summed E-state index contributed by atoms with van der Waals surface area (Å²) >= 11 is 0. The minimum Gasteiger partial charge on any atom is -0.385 e. The molecule has 2 aromatic carbocycles. The number of aliphatic hydroxyl groups is 1. The van der Waals surface area contributed by atoms with E-state index >= 15 is 0 Å². The maximum Gasteiger partial charge on any atom is 0.417 e. The van der Waals surface area contributed by atoms with Crippen molar-refractivity contribution in [3.8, 4) is 11.1 Å². The predicted molar refractivity (Wildman–Crippen MR) is 72.8 cm³/mol. The number of ketones is 1. The molecule has 1 N–H and O–H groups in total. The number of benzene rings is 2. The summed E-state index contributed by atoms with van der Waals surface area (Å²) in [6.45, 7) is 1.18. The number of carbonyl (C=O) groups excluding carboxylic acids is 1. The Bertz CT molecular complexity index is 688. The summed E-state index contributed by atoms with van der Waals surface area (Å²) in [6, 6.07) is 7.64. The van der Waals surface area contributed by atoms with Crippen LogP contribution in [0.4, 0.5) is 17.6 Å². The van der Waals surface area contributed by atoms with Crippen molar-refractivity contribution in [2.24, 2.45) is 0 Å². The Morgan fingerprint density at radius 3 is 2.18 bits per heavy atom. The molecule has 1 atom stereocenters. The summed E-state index contributed by atoms with van der Waals surface area (Å²) in [4.78, 5) is 11.6. The summed E-state index contributed by atoms with van der Waals surface area (Å²) in [5.74, 6) is -1.35. The van der Waals surface area contributed by atoms with Gasteiger partial charge in [-0.3, -0.25) is 4.79 Å². The second-order valence-corrected chi connectivity index (χ2v) is 4.81. The third-order valence-corrected chi connectivity index (χ3v) is 3.14. The first-order chi connectivity index (χ1) is 10.2. The summed E-state index contributed by atoms with van der Waals surface area (Å²) in [5.41, 5.74) is -1.21. The predicted octanol–water partition coefficient (Wildman–Crippen LogP) is 4.08. The van der Waals surface area contributed by atoms with Crippen LogP contribution in [0.5, 0.6) is 0 Å². The topological polar surface area (TPSA) is 37.3 Å². The Hall–Kier alpha value is -2.21. The van der Waals surface area contributed by atoms with Gasteiger partial charge in [0.25, 0.3) is 0 Å². The highest BCUT2D eigenvalue weighted by Gasteiger charge is 2.34. The molecule has 0 aromatic heterocycles. The molecule has 0 radical (unpaired) electrons. The van der Waals surface area contributed by atoms with Crippen molar-refractivity contribution in [3.63, 3.8) is 0 Å². The average Bonchev–Trinajstić information content (AvgIpc) is 2.45. The lowest BCUT2D eigenvalue weighted by Crippen LogP contribution is -2.17. The largest absolute Gasteiger partial charge is 0.417 e. The highest BCUT2D eigenvalue weighted by molar-refractivity contribution is 5.99. The van der Waals surface area contributed by atoms with E-state index in [0.29, 0.717) is 6.07 Å². The van der Waals surface area contributed by atoms with E-state index in [2.05, 4.69) is 0 Å². The van der Waals surface area contributed by atoms with Gasteiger partial charge in [-0.1, -0.05) is 24.3 Å². The Morgan fingerprint density at radius 1 is 1.09 bits per heavy atom. The van der Waals surface area contributed by atoms with Crippen LogP contribution in [-0.4, -0.2) is 17.0 Å². The fourth-order valence-corrected chi connectivity index (χ4v) is 2.05. The smallest absolute Gasteiger partial charge is 0.385 e. The monoisotopic (exact) mass is 312 g/mol. The molecule has 0 unspecified atom stereocenters. The Labute approximate surface area is 124 Å². The molecule has 0 amide bonds. The van der Waals surface area contributed by atoms with Crippen LogP contribution in [-0.2, 0) is 6.18 Å². The normalized spacial score (nSPS) is 13.0. The van der Waals surface area contributed by atoms with Crippen molar-refractivity contribution in [3.05, 3.63) is 59.4 Å². The van der Waals surface area contributed by atoms with Crippen LogP contribution in [0.25, 0.3) is 11.1 Å². The van der Waals surface area contributed by atoms with E-state index in [0.717, 1.165) is 18.2 Å². The molecule has 0 spiro atoms. The molecule has 0 saturated heterocycles. The van der Waals surface area contributed by atoms with Gasteiger partial charge in [0, 0.05) is 5.56 Å². The fourth-order valence-electron chi connectivity index (χ4n) is 2.05. The van der Waals surface area contributed by atoms with Crippen molar-refractivity contribution >= 4 is 5.78 Å². The Kier molecular flexibility index (Phi) is 4.32. The van der Waals surface area contributed by atoms with Crippen molar-refractivity contribution in [1.29, 1.82) is 0 Å². The third kappa shape index (κ3) is 3.33. The number of Topliss-reactive ketones (excluding diaryl/α,β-unsaturated/α-hetero) is 1. The second kappa shape index (κ2) is 5.88. The minimum absolute atomic E-state index is 0.158. The summed E-state index contributed by atoms with van der Waals surface area (Å²) < 4.78 is 52.5. The van der Waals surface area contributed by atoms with Crippen LogP contribution in [0.3, 0.4) is 0 Å². The molecular formula is C16H12F4O2. The maximum absolute atomic E-state index is 13.2. The lowest BCUT2D eigenvalue weighted by Gasteiger charge is -2.15. The van der Waals surface area contributed by atoms with Gasteiger partial charge in [0.15, 0.2) is 5.78 Å². The number of carbonyl (C=O) groups is 1. The van der Waals surface area contributed by atoms with Crippen LogP contribution in [0.2, 0.25) is 0 Å². The number of halogens is 4. The first-order valence-electron chi connectivity index (χ1n) is 6.39. The van der Waals surface area contributed by atoms with E-state index < -0.39 is 29.4 Å². The molecular weight excluding hydrogens is 300 g/mol. The molecule has 116 valence electrons. The fraction of sp³-hybridized carbons (Fsp3) is 0.188. The van der Waals surface area contributed by atoms with Crippen LogP contribution in [0.1, 0.15) is 22.8 Å². The highest BCUT2D eigenvalue weighted by atomic mass is 19.4. The van der Waals surface area contributed by atoms with E-state index in [1.165, 1.54) is 25.1 Å². The van der Waals surface area contributed by atoms with Crippen LogP contribution in [0, 0.1) is 5.82 Å². The SMILES string of the molecule is C[C@H](O)C(=O)c1ccc(-c2ccc(F)cc2)c(C(F)(F)F)c1. The van der Waals surface area contributed by atoms with Gasteiger partial charge in [-0.25, -0.2) is 4.39 Å². The van der Waals surface area contributed by atoms with Crippen LogP contribution >= 0.6 is 0 Å². The van der Waals surface area contributed by atoms with Crippen LogP contribution in [0.15, 0.2) is 42.5 Å². The van der Waals surface area contributed by atoms with Crippen molar-refractivity contribution < 1.29 is 27.5 Å². The average molecular weight is 312 g/mol. The van der Waals surface area contributed by atoms with Gasteiger partial charge in [-0.15, -0.1) is 0 Å².